The van der Waals surface area contributed by atoms with Gasteiger partial charge in [-0.2, -0.15) is 5.26 Å². The Labute approximate surface area is 155 Å². The van der Waals surface area contributed by atoms with Crippen molar-refractivity contribution in [2.24, 2.45) is 0 Å². The van der Waals surface area contributed by atoms with Crippen LogP contribution in [0.15, 0.2) is 48.0 Å². The van der Waals surface area contributed by atoms with Gasteiger partial charge in [0.2, 0.25) is 5.75 Å². The maximum atomic E-state index is 12.3. The summed E-state index contributed by atoms with van der Waals surface area (Å²) in [5.41, 5.74) is 0.590. The lowest BCUT2D eigenvalue weighted by molar-refractivity contribution is -0.385. The van der Waals surface area contributed by atoms with Gasteiger partial charge in [-0.3, -0.25) is 14.9 Å². The van der Waals surface area contributed by atoms with Gasteiger partial charge in [-0.15, -0.1) is 0 Å². The van der Waals surface area contributed by atoms with E-state index in [1.165, 1.54) is 32.4 Å². The summed E-state index contributed by atoms with van der Waals surface area (Å²) in [6.07, 6.45) is 1.24. The van der Waals surface area contributed by atoms with Crippen LogP contribution in [-0.2, 0) is 11.3 Å². The number of nitrogens with zero attached hydrogens (tertiary/aromatic N) is 2. The molecule has 27 heavy (non-hydrogen) atoms. The molecule has 8 nitrogen and oxygen atoms in total. The Bertz CT molecular complexity index is 917. The first-order chi connectivity index (χ1) is 13.0. The second-order valence-electron chi connectivity index (χ2n) is 5.36. The second-order valence-corrected chi connectivity index (χ2v) is 5.36. The molecule has 2 aromatic carbocycles. The quantitative estimate of drug-likeness (QED) is 0.348. The lowest BCUT2D eigenvalue weighted by Crippen LogP contribution is -2.23. The van der Waals surface area contributed by atoms with E-state index in [2.05, 4.69) is 5.32 Å². The standard InChI is InChI=1S/C19H17N3O5/c1-26-17-10-18(27-2)16(22(24)25)9-14(17)8-15(11-20)19(23)21-12-13-6-4-3-5-7-13/h3-10H,12H2,1-2H3,(H,21,23)/b15-8+. The number of rotatable bonds is 7. The molecule has 0 aliphatic heterocycles. The first kappa shape index (κ1) is 19.5. The summed E-state index contributed by atoms with van der Waals surface area (Å²) in [5.74, 6) is -0.344. The van der Waals surface area contributed by atoms with Gasteiger partial charge < -0.3 is 14.8 Å². The summed E-state index contributed by atoms with van der Waals surface area (Å²) >= 11 is 0. The van der Waals surface area contributed by atoms with E-state index < -0.39 is 10.8 Å². The third-order valence-electron chi connectivity index (χ3n) is 3.69. The minimum absolute atomic E-state index is 0.0148. The molecule has 8 heteroatoms. The fraction of sp³-hybridized carbons (Fsp3) is 0.158. The van der Waals surface area contributed by atoms with Crippen LogP contribution in [0.3, 0.4) is 0 Å². The molecule has 0 aromatic heterocycles. The van der Waals surface area contributed by atoms with Crippen molar-refractivity contribution in [1.82, 2.24) is 5.32 Å². The maximum absolute atomic E-state index is 12.3. The van der Waals surface area contributed by atoms with Crippen molar-refractivity contribution in [3.63, 3.8) is 0 Å². The Morgan fingerprint density at radius 2 is 1.89 bits per heavy atom. The van der Waals surface area contributed by atoms with Gasteiger partial charge in [0.05, 0.1) is 19.1 Å². The number of hydrogen-bond donors (Lipinski definition) is 1. The van der Waals surface area contributed by atoms with Crippen LogP contribution in [0.5, 0.6) is 11.5 Å². The Balaban J connectivity index is 2.33. The molecule has 0 aliphatic carbocycles. The van der Waals surface area contributed by atoms with Crippen molar-refractivity contribution < 1.29 is 19.2 Å². The third kappa shape index (κ3) is 4.83. The highest BCUT2D eigenvalue weighted by Crippen LogP contribution is 2.35. The predicted octanol–water partition coefficient (Wildman–Crippen LogP) is 2.84. The molecular weight excluding hydrogens is 350 g/mol. The molecule has 0 heterocycles. The van der Waals surface area contributed by atoms with E-state index in [9.17, 15) is 20.2 Å². The molecular formula is C19H17N3O5. The highest BCUT2D eigenvalue weighted by Gasteiger charge is 2.20. The molecule has 0 bridgehead atoms. The van der Waals surface area contributed by atoms with Crippen LogP contribution < -0.4 is 14.8 Å². The van der Waals surface area contributed by atoms with Gasteiger partial charge in [0, 0.05) is 24.2 Å². The van der Waals surface area contributed by atoms with E-state index in [1.807, 2.05) is 36.4 Å². The summed E-state index contributed by atoms with van der Waals surface area (Å²) in [7, 11) is 2.68. The lowest BCUT2D eigenvalue weighted by Gasteiger charge is -2.09. The first-order valence-corrected chi connectivity index (χ1v) is 7.84. The zero-order valence-electron chi connectivity index (χ0n) is 14.8. The molecule has 2 rings (SSSR count). The number of hydrogen-bond acceptors (Lipinski definition) is 6. The fourth-order valence-electron chi connectivity index (χ4n) is 2.34. The van der Waals surface area contributed by atoms with E-state index in [0.717, 1.165) is 5.56 Å². The lowest BCUT2D eigenvalue weighted by atomic mass is 10.1. The van der Waals surface area contributed by atoms with Gasteiger partial charge in [-0.25, -0.2) is 0 Å². The van der Waals surface area contributed by atoms with Crippen LogP contribution in [0.2, 0.25) is 0 Å². The number of ether oxygens (including phenoxy) is 2. The molecule has 0 saturated carbocycles. The van der Waals surface area contributed by atoms with Gasteiger partial charge in [0.1, 0.15) is 17.4 Å². The zero-order chi connectivity index (χ0) is 19.8. The van der Waals surface area contributed by atoms with Gasteiger partial charge in [-0.05, 0) is 11.6 Å². The minimum atomic E-state index is -0.614. The molecule has 0 fully saturated rings. The smallest absolute Gasteiger partial charge is 0.311 e. The molecule has 1 N–H and O–H groups in total. The third-order valence-corrected chi connectivity index (χ3v) is 3.69. The van der Waals surface area contributed by atoms with Gasteiger partial charge in [-0.1, -0.05) is 30.3 Å². The Hall–Kier alpha value is -3.86. The molecule has 2 aromatic rings. The summed E-state index contributed by atoms with van der Waals surface area (Å²) in [6.45, 7) is 0.249. The van der Waals surface area contributed by atoms with Crippen molar-refractivity contribution in [2.45, 2.75) is 6.54 Å². The van der Waals surface area contributed by atoms with Crippen molar-refractivity contribution >= 4 is 17.7 Å². The number of nitrogens with one attached hydrogen (secondary N) is 1. The number of nitro groups is 1. The molecule has 0 radical (unpaired) electrons. The topological polar surface area (TPSA) is 114 Å². The van der Waals surface area contributed by atoms with Gasteiger partial charge >= 0.3 is 5.69 Å². The van der Waals surface area contributed by atoms with Crippen molar-refractivity contribution in [3.05, 3.63) is 69.3 Å². The van der Waals surface area contributed by atoms with Crippen LogP contribution >= 0.6 is 0 Å². The first-order valence-electron chi connectivity index (χ1n) is 7.84. The number of carbonyl (C=O) groups excluding carboxylic acids is 1. The minimum Gasteiger partial charge on any atom is -0.496 e. The van der Waals surface area contributed by atoms with Crippen molar-refractivity contribution in [2.75, 3.05) is 14.2 Å². The number of carbonyl (C=O) groups is 1. The monoisotopic (exact) mass is 367 g/mol. The van der Waals surface area contributed by atoms with Crippen LogP contribution in [0, 0.1) is 21.4 Å². The summed E-state index contributed by atoms with van der Waals surface area (Å²) in [5, 5.41) is 23.2. The number of methoxy groups -OCH3 is 2. The van der Waals surface area contributed by atoms with Crippen molar-refractivity contribution in [1.29, 1.82) is 5.26 Å². The fourth-order valence-corrected chi connectivity index (χ4v) is 2.34. The maximum Gasteiger partial charge on any atom is 0.311 e. The highest BCUT2D eigenvalue weighted by molar-refractivity contribution is 6.02. The van der Waals surface area contributed by atoms with Crippen LogP contribution in [0.4, 0.5) is 5.69 Å². The van der Waals surface area contributed by atoms with Crippen molar-refractivity contribution in [3.8, 4) is 17.6 Å². The molecule has 0 spiro atoms. The zero-order valence-corrected chi connectivity index (χ0v) is 14.8. The molecule has 138 valence electrons. The average Bonchev–Trinajstić information content (AvgIpc) is 2.70. The number of nitro benzene ring substituents is 1. The van der Waals surface area contributed by atoms with E-state index in [0.29, 0.717) is 0 Å². The Morgan fingerprint density at radius 1 is 1.22 bits per heavy atom. The second kappa shape index (κ2) is 9.01. The van der Waals surface area contributed by atoms with E-state index in [4.69, 9.17) is 9.47 Å². The van der Waals surface area contributed by atoms with E-state index in [-0.39, 0.29) is 34.9 Å². The highest BCUT2D eigenvalue weighted by atomic mass is 16.6. The summed E-state index contributed by atoms with van der Waals surface area (Å²) in [6, 6.07) is 13.5. The van der Waals surface area contributed by atoms with Gasteiger partial charge in [0.15, 0.2) is 0 Å². The predicted molar refractivity (Wildman–Crippen MR) is 98.1 cm³/mol. The van der Waals surface area contributed by atoms with E-state index in [1.54, 1.807) is 0 Å². The summed E-state index contributed by atoms with van der Waals surface area (Å²) < 4.78 is 10.2. The molecule has 0 unspecified atom stereocenters. The van der Waals surface area contributed by atoms with E-state index >= 15 is 0 Å². The number of benzene rings is 2. The Morgan fingerprint density at radius 3 is 2.44 bits per heavy atom. The van der Waals surface area contributed by atoms with Crippen LogP contribution in [0.1, 0.15) is 11.1 Å². The SMILES string of the molecule is COc1cc(OC)c([N+](=O)[O-])cc1/C=C(\C#N)C(=O)NCc1ccccc1. The number of amides is 1. The van der Waals surface area contributed by atoms with Crippen LogP contribution in [0.25, 0.3) is 6.08 Å². The van der Waals surface area contributed by atoms with Gasteiger partial charge in [0.25, 0.3) is 5.91 Å². The summed E-state index contributed by atoms with van der Waals surface area (Å²) in [4.78, 5) is 22.9. The normalized spacial score (nSPS) is 10.6. The number of nitriles is 1. The largest absolute Gasteiger partial charge is 0.496 e. The molecule has 0 atom stereocenters. The van der Waals surface area contributed by atoms with Crippen LogP contribution in [-0.4, -0.2) is 25.1 Å². The Kier molecular flexibility index (Phi) is 6.49. The molecule has 0 saturated heterocycles. The molecule has 0 aliphatic rings. The molecule has 1 amide bonds. The average molecular weight is 367 g/mol.